The maximum absolute atomic E-state index is 5.44. The molecular formula is C29H34N6O. The number of rotatable bonds is 6. The molecule has 6 rings (SSSR count). The molecule has 2 saturated heterocycles. The molecule has 2 fully saturated rings. The molecule has 186 valence electrons. The number of hydrogen-bond acceptors (Lipinski definition) is 6. The Bertz CT molecular complexity index is 1290. The van der Waals surface area contributed by atoms with Gasteiger partial charge in [-0.3, -0.25) is 19.8 Å². The van der Waals surface area contributed by atoms with Crippen molar-refractivity contribution in [1.82, 2.24) is 29.5 Å². The molecule has 0 aliphatic carbocycles. The summed E-state index contributed by atoms with van der Waals surface area (Å²) in [5.41, 5.74) is 6.75. The van der Waals surface area contributed by atoms with Gasteiger partial charge < -0.3 is 4.74 Å². The predicted octanol–water partition coefficient (Wildman–Crippen LogP) is 4.69. The molecule has 0 spiro atoms. The highest BCUT2D eigenvalue weighted by Crippen LogP contribution is 2.26. The van der Waals surface area contributed by atoms with E-state index >= 15 is 0 Å². The Hall–Kier alpha value is -3.13. The number of pyridine rings is 2. The fourth-order valence-corrected chi connectivity index (χ4v) is 5.33. The summed E-state index contributed by atoms with van der Waals surface area (Å²) in [5.74, 6) is 0. The van der Waals surface area contributed by atoms with Crippen molar-refractivity contribution in [1.29, 1.82) is 0 Å². The molecule has 1 aromatic carbocycles. The van der Waals surface area contributed by atoms with E-state index in [-0.39, 0.29) is 0 Å². The first-order valence-electron chi connectivity index (χ1n) is 13.2. The lowest BCUT2D eigenvalue weighted by molar-refractivity contribution is 0.0336. The summed E-state index contributed by atoms with van der Waals surface area (Å²) in [7, 11) is 0. The van der Waals surface area contributed by atoms with Gasteiger partial charge in [0.05, 0.1) is 42.5 Å². The van der Waals surface area contributed by atoms with Gasteiger partial charge in [-0.1, -0.05) is 18.9 Å². The number of fused-ring (bicyclic) bond motifs is 1. The first kappa shape index (κ1) is 23.3. The lowest BCUT2D eigenvalue weighted by Gasteiger charge is -2.26. The summed E-state index contributed by atoms with van der Waals surface area (Å²) in [6.45, 7) is 7.76. The van der Waals surface area contributed by atoms with Crippen LogP contribution in [0.5, 0.6) is 0 Å². The molecule has 3 aromatic heterocycles. The van der Waals surface area contributed by atoms with Gasteiger partial charge in [0.25, 0.3) is 0 Å². The van der Waals surface area contributed by atoms with Crippen LogP contribution < -0.4 is 0 Å². The van der Waals surface area contributed by atoms with Crippen LogP contribution in [0.25, 0.3) is 27.7 Å². The average molecular weight is 483 g/mol. The Balaban J connectivity index is 1.18. The van der Waals surface area contributed by atoms with Crippen LogP contribution >= 0.6 is 0 Å². The number of aromatic nitrogens is 4. The summed E-state index contributed by atoms with van der Waals surface area (Å²) >= 11 is 0. The van der Waals surface area contributed by atoms with Gasteiger partial charge >= 0.3 is 0 Å². The highest BCUT2D eigenvalue weighted by Gasteiger charge is 2.13. The largest absolute Gasteiger partial charge is 0.379 e. The Morgan fingerprint density at radius 2 is 1.56 bits per heavy atom. The van der Waals surface area contributed by atoms with E-state index < -0.39 is 0 Å². The smallest absolute Gasteiger partial charge is 0.0836 e. The lowest BCUT2D eigenvalue weighted by Crippen LogP contribution is -2.35. The SMILES string of the molecule is c1ncc(-c2ccc3c(cnn3-c3ccc(CN4CCOCC4)nc3)c2)cc1CN1CCCCCC1. The van der Waals surface area contributed by atoms with Gasteiger partial charge in [-0.15, -0.1) is 0 Å². The minimum absolute atomic E-state index is 0.804. The van der Waals surface area contributed by atoms with E-state index in [2.05, 4.69) is 56.3 Å². The molecule has 36 heavy (non-hydrogen) atoms. The van der Waals surface area contributed by atoms with Crippen molar-refractivity contribution in [2.75, 3.05) is 39.4 Å². The molecule has 0 bridgehead atoms. The average Bonchev–Trinajstić information content (AvgIpc) is 3.18. The molecule has 5 heterocycles. The number of benzene rings is 1. The second-order valence-electron chi connectivity index (χ2n) is 10.00. The molecule has 2 aliphatic heterocycles. The summed E-state index contributed by atoms with van der Waals surface area (Å²) in [5, 5.41) is 5.79. The lowest BCUT2D eigenvalue weighted by atomic mass is 10.0. The van der Waals surface area contributed by atoms with Crippen LogP contribution in [0, 0.1) is 0 Å². The number of morpholine rings is 1. The highest BCUT2D eigenvalue weighted by atomic mass is 16.5. The van der Waals surface area contributed by atoms with Crippen molar-refractivity contribution in [3.8, 4) is 16.8 Å². The van der Waals surface area contributed by atoms with Gasteiger partial charge in [-0.25, -0.2) is 4.68 Å². The zero-order valence-corrected chi connectivity index (χ0v) is 20.9. The maximum Gasteiger partial charge on any atom is 0.0836 e. The Morgan fingerprint density at radius 1 is 0.722 bits per heavy atom. The third-order valence-corrected chi connectivity index (χ3v) is 7.34. The molecule has 0 radical (unpaired) electrons. The number of likely N-dealkylation sites (tertiary alicyclic amines) is 1. The predicted molar refractivity (Wildman–Crippen MR) is 142 cm³/mol. The van der Waals surface area contributed by atoms with Gasteiger partial charge in [-0.05, 0) is 67.4 Å². The van der Waals surface area contributed by atoms with Gasteiger partial charge in [0.2, 0.25) is 0 Å². The molecular weight excluding hydrogens is 448 g/mol. The van der Waals surface area contributed by atoms with Crippen molar-refractivity contribution in [2.45, 2.75) is 38.8 Å². The van der Waals surface area contributed by atoms with Crippen LogP contribution in [-0.4, -0.2) is 68.9 Å². The Labute approximate surface area is 212 Å². The second kappa shape index (κ2) is 10.9. The normalized spacial score (nSPS) is 17.9. The van der Waals surface area contributed by atoms with Crippen molar-refractivity contribution in [3.05, 3.63) is 72.4 Å². The topological polar surface area (TPSA) is 59.3 Å². The third kappa shape index (κ3) is 5.33. The Kier molecular flexibility index (Phi) is 7.03. The van der Waals surface area contributed by atoms with E-state index in [0.717, 1.165) is 67.2 Å². The van der Waals surface area contributed by atoms with E-state index in [0.29, 0.717) is 0 Å². The number of nitrogens with zero attached hydrogens (tertiary/aromatic N) is 6. The van der Waals surface area contributed by atoms with E-state index in [1.165, 1.54) is 49.9 Å². The summed E-state index contributed by atoms with van der Waals surface area (Å²) in [6.07, 6.45) is 13.2. The van der Waals surface area contributed by atoms with Crippen molar-refractivity contribution < 1.29 is 4.74 Å². The molecule has 0 amide bonds. The molecule has 0 atom stereocenters. The number of hydrogen-bond donors (Lipinski definition) is 0. The van der Waals surface area contributed by atoms with Crippen LogP contribution in [0.4, 0.5) is 0 Å². The quantitative estimate of drug-likeness (QED) is 0.397. The van der Waals surface area contributed by atoms with Gasteiger partial charge in [0.1, 0.15) is 0 Å². The minimum Gasteiger partial charge on any atom is -0.379 e. The molecule has 7 nitrogen and oxygen atoms in total. The summed E-state index contributed by atoms with van der Waals surface area (Å²) < 4.78 is 7.42. The van der Waals surface area contributed by atoms with E-state index in [9.17, 15) is 0 Å². The molecule has 2 aliphatic rings. The van der Waals surface area contributed by atoms with Crippen LogP contribution in [0.3, 0.4) is 0 Å². The summed E-state index contributed by atoms with van der Waals surface area (Å²) in [6, 6.07) is 13.0. The van der Waals surface area contributed by atoms with E-state index in [1.807, 2.05) is 29.5 Å². The fourth-order valence-electron chi connectivity index (χ4n) is 5.33. The van der Waals surface area contributed by atoms with Crippen molar-refractivity contribution in [3.63, 3.8) is 0 Å². The van der Waals surface area contributed by atoms with E-state index in [1.54, 1.807) is 0 Å². The first-order chi connectivity index (χ1) is 17.8. The van der Waals surface area contributed by atoms with Crippen LogP contribution in [0.1, 0.15) is 36.9 Å². The molecule has 7 heteroatoms. The van der Waals surface area contributed by atoms with Crippen molar-refractivity contribution in [2.24, 2.45) is 0 Å². The standard InChI is InChI=1S/C29H34N6O/c1-2-4-10-33(9-3-1)21-23-15-25(18-30-17-23)24-5-8-29-26(16-24)19-32-35(29)28-7-6-27(31-20-28)22-34-11-13-36-14-12-34/h5-8,15-20H,1-4,9-14,21-22H2. The zero-order valence-electron chi connectivity index (χ0n) is 20.9. The highest BCUT2D eigenvalue weighted by molar-refractivity contribution is 5.85. The van der Waals surface area contributed by atoms with Gasteiger partial charge in [0, 0.05) is 49.5 Å². The minimum atomic E-state index is 0.804. The third-order valence-electron chi connectivity index (χ3n) is 7.34. The van der Waals surface area contributed by atoms with Gasteiger partial charge in [-0.2, -0.15) is 5.10 Å². The molecule has 4 aromatic rings. The molecule has 0 unspecified atom stereocenters. The van der Waals surface area contributed by atoms with Gasteiger partial charge in [0.15, 0.2) is 0 Å². The van der Waals surface area contributed by atoms with Crippen molar-refractivity contribution >= 4 is 10.9 Å². The molecule has 0 saturated carbocycles. The van der Waals surface area contributed by atoms with E-state index in [4.69, 9.17) is 9.72 Å². The van der Waals surface area contributed by atoms with Crippen LogP contribution in [-0.2, 0) is 17.8 Å². The Morgan fingerprint density at radius 3 is 2.36 bits per heavy atom. The number of ether oxygens (including phenoxy) is 1. The second-order valence-corrected chi connectivity index (χ2v) is 10.00. The zero-order chi connectivity index (χ0) is 24.2. The maximum atomic E-state index is 5.44. The summed E-state index contributed by atoms with van der Waals surface area (Å²) in [4.78, 5) is 14.2. The van der Waals surface area contributed by atoms with Crippen LogP contribution in [0.2, 0.25) is 0 Å². The molecule has 0 N–H and O–H groups in total. The monoisotopic (exact) mass is 482 g/mol. The van der Waals surface area contributed by atoms with Crippen LogP contribution in [0.15, 0.2) is 61.2 Å². The fraction of sp³-hybridized carbons (Fsp3) is 0.414. The first-order valence-corrected chi connectivity index (χ1v) is 13.2.